The van der Waals surface area contributed by atoms with E-state index >= 15 is 0 Å². The van der Waals surface area contributed by atoms with E-state index in [1.807, 2.05) is 17.0 Å². The van der Waals surface area contributed by atoms with Crippen LogP contribution in [0.25, 0.3) is 10.8 Å². The van der Waals surface area contributed by atoms with Crippen molar-refractivity contribution in [3.63, 3.8) is 0 Å². The van der Waals surface area contributed by atoms with Gasteiger partial charge in [-0.3, -0.25) is 9.59 Å². The first-order valence-electron chi connectivity index (χ1n) is 11.1. The Morgan fingerprint density at radius 3 is 2.83 bits per heavy atom. The largest absolute Gasteiger partial charge is 0.384 e. The van der Waals surface area contributed by atoms with Crippen LogP contribution in [0.5, 0.6) is 0 Å². The van der Waals surface area contributed by atoms with Crippen LogP contribution in [0.2, 0.25) is 0 Å². The summed E-state index contributed by atoms with van der Waals surface area (Å²) in [6, 6.07) is 14.8. The van der Waals surface area contributed by atoms with Gasteiger partial charge in [-0.2, -0.15) is 0 Å². The fourth-order valence-electron chi connectivity index (χ4n) is 5.09. The highest BCUT2D eigenvalue weighted by atomic mass is 16.5. The lowest BCUT2D eigenvalue weighted by atomic mass is 9.84. The summed E-state index contributed by atoms with van der Waals surface area (Å²) in [7, 11) is 1.72. The first-order valence-corrected chi connectivity index (χ1v) is 11.1. The second-order valence-corrected chi connectivity index (χ2v) is 8.99. The summed E-state index contributed by atoms with van der Waals surface area (Å²) in [4.78, 5) is 27.0. The number of fused-ring (bicyclic) bond motifs is 1. The smallest absolute Gasteiger partial charge is 0.222 e. The number of carbonyl (C=O) groups is 2. The quantitative estimate of drug-likeness (QED) is 0.760. The summed E-state index contributed by atoms with van der Waals surface area (Å²) in [6.45, 7) is 2.34. The first kappa shape index (κ1) is 20.9. The van der Waals surface area contributed by atoms with Gasteiger partial charge in [0, 0.05) is 38.6 Å². The Hall–Kier alpha value is -2.40. The maximum Gasteiger partial charge on any atom is 0.222 e. The molecular weight excluding hydrogens is 376 g/mol. The average Bonchev–Trinajstić information content (AvgIpc) is 3.13. The molecule has 0 radical (unpaired) electrons. The van der Waals surface area contributed by atoms with Gasteiger partial charge in [-0.05, 0) is 54.4 Å². The Morgan fingerprint density at radius 2 is 2.07 bits per heavy atom. The van der Waals surface area contributed by atoms with Crippen molar-refractivity contribution in [3.05, 3.63) is 48.0 Å². The third kappa shape index (κ3) is 4.84. The highest BCUT2D eigenvalue weighted by Gasteiger charge is 2.38. The van der Waals surface area contributed by atoms with Crippen molar-refractivity contribution in [1.82, 2.24) is 10.2 Å². The van der Waals surface area contributed by atoms with Crippen molar-refractivity contribution in [3.8, 4) is 0 Å². The molecule has 0 aliphatic carbocycles. The molecule has 0 aromatic heterocycles. The summed E-state index contributed by atoms with van der Waals surface area (Å²) >= 11 is 0. The number of nitrogens with zero attached hydrogens (tertiary/aromatic N) is 1. The van der Waals surface area contributed by atoms with Crippen LogP contribution in [0.4, 0.5) is 0 Å². The summed E-state index contributed by atoms with van der Waals surface area (Å²) in [6.07, 6.45) is 5.44. The highest BCUT2D eigenvalue weighted by molar-refractivity contribution is 5.83. The van der Waals surface area contributed by atoms with Gasteiger partial charge in [0.1, 0.15) is 0 Å². The molecule has 2 aliphatic heterocycles. The molecule has 2 saturated heterocycles. The molecule has 4 rings (SSSR count). The number of carbonyl (C=O) groups excluding carboxylic acids is 2. The lowest BCUT2D eigenvalue weighted by Gasteiger charge is -2.34. The van der Waals surface area contributed by atoms with Crippen molar-refractivity contribution in [1.29, 1.82) is 0 Å². The number of nitrogens with one attached hydrogen (secondary N) is 1. The van der Waals surface area contributed by atoms with E-state index < -0.39 is 0 Å². The number of rotatable bonds is 7. The Kier molecular flexibility index (Phi) is 6.38. The van der Waals surface area contributed by atoms with Crippen LogP contribution in [-0.2, 0) is 20.7 Å². The number of piperidine rings is 1. The molecule has 2 aromatic carbocycles. The van der Waals surface area contributed by atoms with Crippen LogP contribution in [0.1, 0.15) is 44.1 Å². The molecule has 2 atom stereocenters. The van der Waals surface area contributed by atoms with Crippen molar-refractivity contribution in [2.45, 2.75) is 50.5 Å². The average molecular weight is 409 g/mol. The molecule has 0 saturated carbocycles. The van der Waals surface area contributed by atoms with E-state index in [0.717, 1.165) is 38.8 Å². The zero-order chi connectivity index (χ0) is 21.0. The van der Waals surface area contributed by atoms with E-state index in [9.17, 15) is 9.59 Å². The number of ether oxygens (including phenoxy) is 1. The van der Waals surface area contributed by atoms with Gasteiger partial charge in [0.2, 0.25) is 11.8 Å². The molecule has 2 fully saturated rings. The van der Waals surface area contributed by atoms with Crippen molar-refractivity contribution < 1.29 is 14.3 Å². The molecule has 2 unspecified atom stereocenters. The number of hydrogen-bond acceptors (Lipinski definition) is 3. The van der Waals surface area contributed by atoms with Crippen LogP contribution in [0.15, 0.2) is 42.5 Å². The minimum absolute atomic E-state index is 0.0985. The summed E-state index contributed by atoms with van der Waals surface area (Å²) < 4.78 is 5.29. The standard InChI is InChI=1S/C25H32N2O3/c1-30-18-20-5-4-14-27(17-20)24(29)11-13-25(12-10-23(28)26-25)16-19-8-9-21-6-2-3-7-22(21)15-19/h2-3,6-9,15,20H,4-5,10-14,16-18H2,1H3,(H,26,28). The topological polar surface area (TPSA) is 58.6 Å². The van der Waals surface area contributed by atoms with Crippen LogP contribution < -0.4 is 5.32 Å². The lowest BCUT2D eigenvalue weighted by molar-refractivity contribution is -0.134. The molecule has 5 nitrogen and oxygen atoms in total. The summed E-state index contributed by atoms with van der Waals surface area (Å²) in [5.74, 6) is 0.738. The third-order valence-corrected chi connectivity index (χ3v) is 6.68. The molecule has 2 aromatic rings. The maximum atomic E-state index is 12.9. The first-order chi connectivity index (χ1) is 14.6. The summed E-state index contributed by atoms with van der Waals surface area (Å²) in [5, 5.41) is 5.65. The Labute approximate surface area is 178 Å². The fraction of sp³-hybridized carbons (Fsp3) is 0.520. The van der Waals surface area contributed by atoms with Gasteiger partial charge in [-0.1, -0.05) is 42.5 Å². The zero-order valence-corrected chi connectivity index (χ0v) is 17.9. The highest BCUT2D eigenvalue weighted by Crippen LogP contribution is 2.31. The van der Waals surface area contributed by atoms with Gasteiger partial charge in [-0.15, -0.1) is 0 Å². The molecule has 2 aliphatic rings. The monoisotopic (exact) mass is 408 g/mol. The second-order valence-electron chi connectivity index (χ2n) is 8.99. The van der Waals surface area contributed by atoms with E-state index in [4.69, 9.17) is 4.74 Å². The van der Waals surface area contributed by atoms with Crippen LogP contribution in [0.3, 0.4) is 0 Å². The summed E-state index contributed by atoms with van der Waals surface area (Å²) in [5.41, 5.74) is 0.887. The minimum atomic E-state index is -0.323. The number of hydrogen-bond donors (Lipinski definition) is 1. The third-order valence-electron chi connectivity index (χ3n) is 6.68. The fourth-order valence-corrected chi connectivity index (χ4v) is 5.09. The predicted octanol–water partition coefficient (Wildman–Crippen LogP) is 3.70. The lowest BCUT2D eigenvalue weighted by Crippen LogP contribution is -2.46. The van der Waals surface area contributed by atoms with Crippen LogP contribution in [-0.4, -0.2) is 49.1 Å². The zero-order valence-electron chi connectivity index (χ0n) is 17.9. The molecule has 160 valence electrons. The molecule has 30 heavy (non-hydrogen) atoms. The maximum absolute atomic E-state index is 12.9. The molecule has 5 heteroatoms. The number of amides is 2. The van der Waals surface area contributed by atoms with Gasteiger partial charge in [0.15, 0.2) is 0 Å². The Balaban J connectivity index is 1.43. The number of benzene rings is 2. The molecule has 0 spiro atoms. The number of methoxy groups -OCH3 is 1. The van der Waals surface area contributed by atoms with Gasteiger partial charge in [0.05, 0.1) is 6.61 Å². The van der Waals surface area contributed by atoms with E-state index in [0.29, 0.717) is 31.8 Å². The minimum Gasteiger partial charge on any atom is -0.384 e. The van der Waals surface area contributed by atoms with Crippen LogP contribution in [0, 0.1) is 5.92 Å². The van der Waals surface area contributed by atoms with E-state index in [2.05, 4.69) is 35.6 Å². The van der Waals surface area contributed by atoms with Gasteiger partial charge in [-0.25, -0.2) is 0 Å². The normalized spacial score (nSPS) is 24.2. The predicted molar refractivity (Wildman–Crippen MR) is 118 cm³/mol. The van der Waals surface area contributed by atoms with Crippen molar-refractivity contribution in [2.75, 3.05) is 26.8 Å². The number of likely N-dealkylation sites (tertiary alicyclic amines) is 1. The molecule has 0 bridgehead atoms. The molecule has 2 heterocycles. The van der Waals surface area contributed by atoms with E-state index in [1.54, 1.807) is 7.11 Å². The molecule has 2 amide bonds. The van der Waals surface area contributed by atoms with Crippen molar-refractivity contribution in [2.24, 2.45) is 5.92 Å². The van der Waals surface area contributed by atoms with Crippen molar-refractivity contribution >= 4 is 22.6 Å². The molecule has 1 N–H and O–H groups in total. The van der Waals surface area contributed by atoms with Gasteiger partial charge in [0.25, 0.3) is 0 Å². The van der Waals surface area contributed by atoms with Crippen LogP contribution >= 0.6 is 0 Å². The van der Waals surface area contributed by atoms with E-state index in [1.165, 1.54) is 16.3 Å². The van der Waals surface area contributed by atoms with Gasteiger partial charge >= 0.3 is 0 Å². The Morgan fingerprint density at radius 1 is 1.23 bits per heavy atom. The van der Waals surface area contributed by atoms with Gasteiger partial charge < -0.3 is 15.0 Å². The Bertz CT molecular complexity index is 910. The molecular formula is C25H32N2O3. The second kappa shape index (κ2) is 9.17. The van der Waals surface area contributed by atoms with E-state index in [-0.39, 0.29) is 17.4 Å². The SMILES string of the molecule is COCC1CCCN(C(=O)CCC2(Cc3ccc4ccccc4c3)CCC(=O)N2)C1.